The van der Waals surface area contributed by atoms with E-state index in [1.165, 1.54) is 0 Å². The first-order chi connectivity index (χ1) is 9.72. The highest BCUT2D eigenvalue weighted by Gasteiger charge is 2.23. The maximum Gasteiger partial charge on any atom is 0.305 e. The lowest BCUT2D eigenvalue weighted by Crippen LogP contribution is -2.40. The minimum atomic E-state index is -1.06. The van der Waals surface area contributed by atoms with Crippen LogP contribution in [0, 0.1) is 16.0 Å². The van der Waals surface area contributed by atoms with E-state index < -0.39 is 22.8 Å². The van der Waals surface area contributed by atoms with Crippen LogP contribution in [0.4, 0.5) is 5.69 Å². The number of carbonyl (C=O) groups is 2. The summed E-state index contributed by atoms with van der Waals surface area (Å²) in [7, 11) is 0. The molecule has 1 amide bonds. The average molecular weight is 316 g/mol. The first kappa shape index (κ1) is 16.8. The Labute approximate surface area is 125 Å². The zero-order chi connectivity index (χ0) is 16.2. The highest BCUT2D eigenvalue weighted by Crippen LogP contribution is 2.19. The lowest BCUT2D eigenvalue weighted by Gasteiger charge is -2.20. The van der Waals surface area contributed by atoms with Crippen molar-refractivity contribution in [1.29, 1.82) is 0 Å². The third kappa shape index (κ3) is 4.67. The summed E-state index contributed by atoms with van der Waals surface area (Å²) in [6, 6.07) is 0.383. The van der Waals surface area contributed by atoms with E-state index in [1.807, 2.05) is 0 Å². The van der Waals surface area contributed by atoms with Crippen LogP contribution in [0.1, 0.15) is 30.6 Å². The Morgan fingerprint density at radius 2 is 2.14 bits per heavy atom. The number of nitrogens with zero attached hydrogens (tertiary/aromatic N) is 2. The van der Waals surface area contributed by atoms with Crippen molar-refractivity contribution in [2.75, 3.05) is 0 Å². The van der Waals surface area contributed by atoms with Gasteiger partial charge in [-0.2, -0.15) is 0 Å². The molecular weight excluding hydrogens is 302 g/mol. The molecule has 0 fully saturated rings. The number of nitrogens with one attached hydrogen (secondary N) is 1. The van der Waals surface area contributed by atoms with Gasteiger partial charge in [0.25, 0.3) is 11.6 Å². The molecule has 0 saturated carbocycles. The van der Waals surface area contributed by atoms with E-state index in [0.29, 0.717) is 0 Å². The topological polar surface area (TPSA) is 122 Å². The normalized spacial score (nSPS) is 12.0. The van der Waals surface area contributed by atoms with Gasteiger partial charge in [-0.25, -0.2) is 4.98 Å². The summed E-state index contributed by atoms with van der Waals surface area (Å²) in [6.07, 6.45) is 0.680. The third-order valence-electron chi connectivity index (χ3n) is 2.80. The number of aromatic nitrogens is 1. The first-order valence-corrected chi connectivity index (χ1v) is 6.42. The summed E-state index contributed by atoms with van der Waals surface area (Å²) < 4.78 is 0. The second-order valence-electron chi connectivity index (χ2n) is 4.71. The Hall–Kier alpha value is -2.22. The van der Waals surface area contributed by atoms with E-state index in [0.717, 1.165) is 12.3 Å². The highest BCUT2D eigenvalue weighted by molar-refractivity contribution is 6.32. The van der Waals surface area contributed by atoms with E-state index in [2.05, 4.69) is 10.3 Å². The van der Waals surface area contributed by atoms with E-state index in [4.69, 9.17) is 16.7 Å². The molecule has 0 aliphatic rings. The Bertz CT molecular complexity index is 576. The number of carbonyl (C=O) groups excluding carboxylic acids is 1. The molecule has 0 spiro atoms. The number of nitro groups is 1. The predicted octanol–water partition coefficient (Wildman–Crippen LogP) is 1.87. The van der Waals surface area contributed by atoms with Gasteiger partial charge < -0.3 is 10.4 Å². The Morgan fingerprint density at radius 1 is 1.52 bits per heavy atom. The number of carboxylic acids is 1. The van der Waals surface area contributed by atoms with Crippen molar-refractivity contribution in [3.63, 3.8) is 0 Å². The molecule has 1 unspecified atom stereocenters. The number of aliphatic carboxylic acids is 1. The van der Waals surface area contributed by atoms with Crippen LogP contribution < -0.4 is 5.32 Å². The number of halogens is 1. The van der Waals surface area contributed by atoms with Crippen LogP contribution in [-0.4, -0.2) is 32.9 Å². The molecule has 8 nitrogen and oxygen atoms in total. The van der Waals surface area contributed by atoms with Crippen LogP contribution in [0.3, 0.4) is 0 Å². The van der Waals surface area contributed by atoms with Gasteiger partial charge in [0.1, 0.15) is 11.3 Å². The zero-order valence-corrected chi connectivity index (χ0v) is 12.1. The lowest BCUT2D eigenvalue weighted by molar-refractivity contribution is -0.385. The molecule has 0 aromatic carbocycles. The van der Waals surface area contributed by atoms with Gasteiger partial charge in [-0.3, -0.25) is 19.7 Å². The number of rotatable bonds is 6. The summed E-state index contributed by atoms with van der Waals surface area (Å²) in [5.41, 5.74) is -0.536. The van der Waals surface area contributed by atoms with Crippen LogP contribution in [0.25, 0.3) is 0 Å². The summed E-state index contributed by atoms with van der Waals surface area (Å²) >= 11 is 5.75. The van der Waals surface area contributed by atoms with Crippen molar-refractivity contribution in [2.45, 2.75) is 26.3 Å². The van der Waals surface area contributed by atoms with E-state index >= 15 is 0 Å². The van der Waals surface area contributed by atoms with Crippen LogP contribution in [0.15, 0.2) is 12.3 Å². The molecule has 9 heteroatoms. The second-order valence-corrected chi connectivity index (χ2v) is 5.07. The Kier molecular flexibility index (Phi) is 5.60. The van der Waals surface area contributed by atoms with Gasteiger partial charge in [-0.15, -0.1) is 0 Å². The van der Waals surface area contributed by atoms with Crippen molar-refractivity contribution < 1.29 is 19.6 Å². The smallest absolute Gasteiger partial charge is 0.305 e. The van der Waals surface area contributed by atoms with E-state index in [1.54, 1.807) is 13.8 Å². The Morgan fingerprint density at radius 3 is 2.62 bits per heavy atom. The van der Waals surface area contributed by atoms with Crippen LogP contribution in [0.5, 0.6) is 0 Å². The number of hydrogen-bond acceptors (Lipinski definition) is 5. The van der Waals surface area contributed by atoms with Gasteiger partial charge >= 0.3 is 5.97 Å². The van der Waals surface area contributed by atoms with Crippen molar-refractivity contribution in [3.8, 4) is 0 Å². The van der Waals surface area contributed by atoms with Gasteiger partial charge in [0.05, 0.1) is 16.9 Å². The van der Waals surface area contributed by atoms with Gasteiger partial charge in [0.2, 0.25) is 0 Å². The molecule has 2 N–H and O–H groups in total. The van der Waals surface area contributed by atoms with Crippen molar-refractivity contribution in [2.24, 2.45) is 5.92 Å². The number of carboxylic acid groups (broad SMARTS) is 1. The maximum absolute atomic E-state index is 12.1. The fraction of sp³-hybridized carbons (Fsp3) is 0.417. The molecule has 1 aromatic rings. The van der Waals surface area contributed by atoms with E-state index in [-0.39, 0.29) is 28.7 Å². The molecule has 1 atom stereocenters. The van der Waals surface area contributed by atoms with Gasteiger partial charge in [0, 0.05) is 12.1 Å². The monoisotopic (exact) mass is 315 g/mol. The predicted molar refractivity (Wildman–Crippen MR) is 74.2 cm³/mol. The fourth-order valence-electron chi connectivity index (χ4n) is 1.58. The number of pyridine rings is 1. The van der Waals surface area contributed by atoms with Crippen molar-refractivity contribution in [3.05, 3.63) is 33.1 Å². The van der Waals surface area contributed by atoms with Crippen molar-refractivity contribution >= 4 is 29.2 Å². The molecule has 1 rings (SSSR count). The molecule has 0 bridgehead atoms. The number of hydrogen-bond donors (Lipinski definition) is 2. The highest BCUT2D eigenvalue weighted by atomic mass is 35.5. The number of amides is 1. The van der Waals surface area contributed by atoms with Crippen LogP contribution in [-0.2, 0) is 4.79 Å². The molecule has 0 radical (unpaired) electrons. The molecule has 0 saturated heterocycles. The second kappa shape index (κ2) is 6.98. The first-order valence-electron chi connectivity index (χ1n) is 6.05. The molecule has 0 aliphatic heterocycles. The lowest BCUT2D eigenvalue weighted by atomic mass is 10.0. The summed E-state index contributed by atoms with van der Waals surface area (Å²) in [6.45, 7) is 3.50. The van der Waals surface area contributed by atoms with Gasteiger partial charge in [0.15, 0.2) is 0 Å². The molecule has 1 heterocycles. The van der Waals surface area contributed by atoms with E-state index in [9.17, 15) is 19.7 Å². The maximum atomic E-state index is 12.1. The van der Waals surface area contributed by atoms with Gasteiger partial charge in [-0.05, 0) is 5.92 Å². The zero-order valence-electron chi connectivity index (χ0n) is 11.4. The molecular formula is C12H14ClN3O5. The summed E-state index contributed by atoms with van der Waals surface area (Å²) in [4.78, 5) is 36.4. The van der Waals surface area contributed by atoms with Crippen LogP contribution in [0.2, 0.25) is 5.15 Å². The standard InChI is InChI=1S/C12H14ClN3O5/c1-6(2)9(4-10(17)18)15-12(19)8-3-7(16(20)21)5-14-11(8)13/h3,5-6,9H,4H2,1-2H3,(H,15,19)(H,17,18). The SMILES string of the molecule is CC(C)C(CC(=O)O)NC(=O)c1cc([N+](=O)[O-])cnc1Cl. The Balaban J connectivity index is 2.99. The fourth-order valence-corrected chi connectivity index (χ4v) is 1.77. The molecule has 0 aliphatic carbocycles. The molecule has 21 heavy (non-hydrogen) atoms. The third-order valence-corrected chi connectivity index (χ3v) is 3.10. The minimum absolute atomic E-state index is 0.129. The van der Waals surface area contributed by atoms with Crippen molar-refractivity contribution in [1.82, 2.24) is 10.3 Å². The molecule has 1 aromatic heterocycles. The minimum Gasteiger partial charge on any atom is -0.481 e. The largest absolute Gasteiger partial charge is 0.481 e. The van der Waals surface area contributed by atoms with Gasteiger partial charge in [-0.1, -0.05) is 25.4 Å². The summed E-state index contributed by atoms with van der Waals surface area (Å²) in [5.74, 6) is -1.89. The summed E-state index contributed by atoms with van der Waals surface area (Å²) in [5, 5.41) is 21.8. The average Bonchev–Trinajstić information content (AvgIpc) is 2.37. The molecule has 114 valence electrons. The quantitative estimate of drug-likeness (QED) is 0.469. The van der Waals surface area contributed by atoms with Crippen LogP contribution >= 0.6 is 11.6 Å².